The van der Waals surface area contributed by atoms with Crippen LogP contribution in [0.25, 0.3) is 0 Å². The van der Waals surface area contributed by atoms with Gasteiger partial charge in [-0.25, -0.2) is 8.42 Å². The summed E-state index contributed by atoms with van der Waals surface area (Å²) in [6, 6.07) is 9.29. The molecule has 0 aliphatic rings. The van der Waals surface area contributed by atoms with Crippen molar-refractivity contribution in [3.63, 3.8) is 0 Å². The fourth-order valence-electron chi connectivity index (χ4n) is 1.65. The number of rotatable bonds is 4. The van der Waals surface area contributed by atoms with Crippen LogP contribution in [-0.4, -0.2) is 24.9 Å². The van der Waals surface area contributed by atoms with E-state index in [1.807, 2.05) is 32.0 Å². The van der Waals surface area contributed by atoms with E-state index in [0.717, 1.165) is 23.1 Å². The summed E-state index contributed by atoms with van der Waals surface area (Å²) in [5.41, 5.74) is 3.18. The smallest absolute Gasteiger partial charge is 0.231 e. The number of nitrogens with one attached hydrogen (secondary N) is 2. The summed E-state index contributed by atoms with van der Waals surface area (Å²) in [5, 5.41) is 10.9. The van der Waals surface area contributed by atoms with E-state index in [-0.39, 0.29) is 5.82 Å². The Morgan fingerprint density at radius 2 is 1.65 bits per heavy atom. The fourth-order valence-corrected chi connectivity index (χ4v) is 2.14. The van der Waals surface area contributed by atoms with E-state index >= 15 is 0 Å². The second kappa shape index (κ2) is 5.46. The Bertz CT molecular complexity index is 712. The third-order valence-corrected chi connectivity index (χ3v) is 3.19. The summed E-state index contributed by atoms with van der Waals surface area (Å²) in [6.45, 7) is 4.00. The molecule has 0 bridgehead atoms. The third kappa shape index (κ3) is 3.92. The SMILES string of the molecule is Cc1ccc(C)c(Nc2ccc(NS(C)(=O)=O)nn2)c1. The molecule has 0 amide bonds. The van der Waals surface area contributed by atoms with Gasteiger partial charge in [0.25, 0.3) is 0 Å². The Hall–Kier alpha value is -2.15. The summed E-state index contributed by atoms with van der Waals surface area (Å²) >= 11 is 0. The molecule has 0 spiro atoms. The van der Waals surface area contributed by atoms with Gasteiger partial charge in [-0.05, 0) is 43.2 Å². The number of hydrogen-bond acceptors (Lipinski definition) is 5. The molecule has 7 heteroatoms. The predicted octanol–water partition coefficient (Wildman–Crippen LogP) is 2.21. The average Bonchev–Trinajstić information content (AvgIpc) is 2.34. The van der Waals surface area contributed by atoms with Gasteiger partial charge in [0.15, 0.2) is 11.6 Å². The zero-order valence-corrected chi connectivity index (χ0v) is 12.3. The Morgan fingerprint density at radius 1 is 1.00 bits per heavy atom. The van der Waals surface area contributed by atoms with Crippen molar-refractivity contribution < 1.29 is 8.42 Å². The maximum atomic E-state index is 11.1. The van der Waals surface area contributed by atoms with Crippen molar-refractivity contribution >= 4 is 27.3 Å². The molecule has 0 fully saturated rings. The fraction of sp³-hybridized carbons (Fsp3) is 0.231. The lowest BCUT2D eigenvalue weighted by molar-refractivity contribution is 0.606. The molecular formula is C13H16N4O2S. The lowest BCUT2D eigenvalue weighted by atomic mass is 10.1. The van der Waals surface area contributed by atoms with Crippen LogP contribution < -0.4 is 10.0 Å². The Labute approximate surface area is 118 Å². The summed E-state index contributed by atoms with van der Waals surface area (Å²) in [5.74, 6) is 0.747. The molecule has 0 radical (unpaired) electrons. The van der Waals surface area contributed by atoms with Crippen molar-refractivity contribution in [3.05, 3.63) is 41.5 Å². The van der Waals surface area contributed by atoms with Crippen LogP contribution in [0.3, 0.4) is 0 Å². The van der Waals surface area contributed by atoms with Crippen LogP contribution in [0.1, 0.15) is 11.1 Å². The van der Waals surface area contributed by atoms with E-state index in [1.54, 1.807) is 12.1 Å². The second-order valence-electron chi connectivity index (χ2n) is 4.62. The predicted molar refractivity (Wildman–Crippen MR) is 79.7 cm³/mol. The van der Waals surface area contributed by atoms with Crippen LogP contribution in [0, 0.1) is 13.8 Å². The van der Waals surface area contributed by atoms with E-state index in [2.05, 4.69) is 20.2 Å². The number of aryl methyl sites for hydroxylation is 2. The van der Waals surface area contributed by atoms with Gasteiger partial charge < -0.3 is 5.32 Å². The molecule has 6 nitrogen and oxygen atoms in total. The largest absolute Gasteiger partial charge is 0.339 e. The van der Waals surface area contributed by atoms with Gasteiger partial charge >= 0.3 is 0 Å². The quantitative estimate of drug-likeness (QED) is 0.902. The highest BCUT2D eigenvalue weighted by molar-refractivity contribution is 7.92. The van der Waals surface area contributed by atoms with Crippen LogP contribution in [-0.2, 0) is 10.0 Å². The highest BCUT2D eigenvalue weighted by Gasteiger charge is 2.05. The zero-order chi connectivity index (χ0) is 14.8. The molecule has 0 unspecified atom stereocenters. The second-order valence-corrected chi connectivity index (χ2v) is 6.37. The summed E-state index contributed by atoms with van der Waals surface area (Å²) < 4.78 is 24.4. The molecule has 0 atom stereocenters. The first kappa shape index (κ1) is 14.3. The third-order valence-electron chi connectivity index (χ3n) is 2.61. The molecule has 0 aliphatic carbocycles. The summed E-state index contributed by atoms with van der Waals surface area (Å²) in [6.07, 6.45) is 1.07. The highest BCUT2D eigenvalue weighted by Crippen LogP contribution is 2.20. The van der Waals surface area contributed by atoms with Gasteiger partial charge in [-0.2, -0.15) is 0 Å². The number of sulfonamides is 1. The highest BCUT2D eigenvalue weighted by atomic mass is 32.2. The normalized spacial score (nSPS) is 11.2. The van der Waals surface area contributed by atoms with Gasteiger partial charge in [-0.3, -0.25) is 4.72 Å². The Balaban J connectivity index is 2.17. The van der Waals surface area contributed by atoms with Crippen LogP contribution in [0.2, 0.25) is 0 Å². The zero-order valence-electron chi connectivity index (χ0n) is 11.5. The monoisotopic (exact) mass is 292 g/mol. The van der Waals surface area contributed by atoms with Crippen molar-refractivity contribution in [2.24, 2.45) is 0 Å². The lowest BCUT2D eigenvalue weighted by Gasteiger charge is -2.09. The molecule has 20 heavy (non-hydrogen) atoms. The van der Waals surface area contributed by atoms with Gasteiger partial charge in [-0.15, -0.1) is 10.2 Å². The number of nitrogens with zero attached hydrogens (tertiary/aromatic N) is 2. The molecule has 1 aromatic heterocycles. The number of benzene rings is 1. The molecule has 106 valence electrons. The molecule has 1 heterocycles. The van der Waals surface area contributed by atoms with Gasteiger partial charge in [0.05, 0.1) is 6.26 Å². The van der Waals surface area contributed by atoms with Crippen LogP contribution >= 0.6 is 0 Å². The molecule has 1 aromatic carbocycles. The number of hydrogen-bond donors (Lipinski definition) is 2. The van der Waals surface area contributed by atoms with Crippen molar-refractivity contribution in [1.29, 1.82) is 0 Å². The Kier molecular flexibility index (Phi) is 3.89. The van der Waals surface area contributed by atoms with Crippen LogP contribution in [0.5, 0.6) is 0 Å². The molecule has 0 saturated heterocycles. The van der Waals surface area contributed by atoms with E-state index in [9.17, 15) is 8.42 Å². The first-order chi connectivity index (χ1) is 9.33. The number of anilines is 3. The number of aromatic nitrogens is 2. The first-order valence-corrected chi connectivity index (χ1v) is 7.88. The van der Waals surface area contributed by atoms with Crippen LogP contribution in [0.4, 0.5) is 17.3 Å². The standard InChI is InChI=1S/C13H16N4O2S/c1-9-4-5-10(2)11(8-9)14-12-6-7-13(16-15-12)17-20(3,18)19/h4-8H,1-3H3,(H,14,15)(H,16,17). The van der Waals surface area contributed by atoms with Crippen molar-refractivity contribution in [2.75, 3.05) is 16.3 Å². The van der Waals surface area contributed by atoms with E-state index in [0.29, 0.717) is 5.82 Å². The molecule has 0 aliphatic heterocycles. The maximum Gasteiger partial charge on any atom is 0.231 e. The van der Waals surface area contributed by atoms with E-state index in [1.165, 1.54) is 0 Å². The molecule has 2 N–H and O–H groups in total. The van der Waals surface area contributed by atoms with Gasteiger partial charge in [0.1, 0.15) is 0 Å². The molecule has 2 aromatic rings. The Morgan fingerprint density at radius 3 is 2.25 bits per heavy atom. The lowest BCUT2D eigenvalue weighted by Crippen LogP contribution is -2.11. The van der Waals surface area contributed by atoms with Crippen molar-refractivity contribution in [1.82, 2.24) is 10.2 Å². The minimum Gasteiger partial charge on any atom is -0.339 e. The molecular weight excluding hydrogens is 276 g/mol. The van der Waals surface area contributed by atoms with Crippen molar-refractivity contribution in [3.8, 4) is 0 Å². The molecule has 2 rings (SSSR count). The minimum atomic E-state index is -3.33. The van der Waals surface area contributed by atoms with Gasteiger partial charge in [-0.1, -0.05) is 12.1 Å². The topological polar surface area (TPSA) is 84.0 Å². The van der Waals surface area contributed by atoms with Gasteiger partial charge in [0.2, 0.25) is 10.0 Å². The molecule has 0 saturated carbocycles. The van der Waals surface area contributed by atoms with Gasteiger partial charge in [0, 0.05) is 5.69 Å². The summed E-state index contributed by atoms with van der Waals surface area (Å²) in [7, 11) is -3.33. The average molecular weight is 292 g/mol. The maximum absolute atomic E-state index is 11.1. The first-order valence-electron chi connectivity index (χ1n) is 5.99. The summed E-state index contributed by atoms with van der Waals surface area (Å²) in [4.78, 5) is 0. The van der Waals surface area contributed by atoms with Crippen LogP contribution in [0.15, 0.2) is 30.3 Å². The van der Waals surface area contributed by atoms with Crippen molar-refractivity contribution in [2.45, 2.75) is 13.8 Å². The van der Waals surface area contributed by atoms with E-state index < -0.39 is 10.0 Å². The minimum absolute atomic E-state index is 0.194. The van der Waals surface area contributed by atoms with E-state index in [4.69, 9.17) is 0 Å².